The molecule has 0 aromatic heterocycles. The van der Waals surface area contributed by atoms with Gasteiger partial charge in [-0.3, -0.25) is 9.59 Å². The summed E-state index contributed by atoms with van der Waals surface area (Å²) in [6.07, 6.45) is 0.539. The molecular formula is C26H23F3N2O2. The van der Waals surface area contributed by atoms with Gasteiger partial charge >= 0.3 is 0 Å². The molecule has 0 fully saturated rings. The Balaban J connectivity index is 1.82. The third-order valence-electron chi connectivity index (χ3n) is 5.91. The van der Waals surface area contributed by atoms with E-state index in [0.29, 0.717) is 28.9 Å². The molecule has 0 saturated heterocycles. The van der Waals surface area contributed by atoms with Crippen molar-refractivity contribution in [1.82, 2.24) is 0 Å². The van der Waals surface area contributed by atoms with Gasteiger partial charge in [0.1, 0.15) is 17.5 Å². The lowest BCUT2D eigenvalue weighted by molar-refractivity contribution is -0.118. The molecule has 0 saturated carbocycles. The molecule has 170 valence electrons. The summed E-state index contributed by atoms with van der Waals surface area (Å²) in [6.45, 7) is 3.57. The summed E-state index contributed by atoms with van der Waals surface area (Å²) < 4.78 is 41.3. The Hall–Kier alpha value is -3.61. The van der Waals surface area contributed by atoms with E-state index in [0.717, 1.165) is 0 Å². The number of hydrogen-bond donors (Lipinski definition) is 0. The average molecular weight is 452 g/mol. The first kappa shape index (κ1) is 22.6. The van der Waals surface area contributed by atoms with Crippen molar-refractivity contribution in [3.63, 3.8) is 0 Å². The van der Waals surface area contributed by atoms with E-state index in [-0.39, 0.29) is 24.3 Å². The van der Waals surface area contributed by atoms with Crippen LogP contribution in [0.4, 0.5) is 24.5 Å². The normalized spacial score (nSPS) is 17.4. The number of hydrogen-bond acceptors (Lipinski definition) is 2. The second-order valence-electron chi connectivity index (χ2n) is 8.08. The summed E-state index contributed by atoms with van der Waals surface area (Å²) >= 11 is 0. The molecule has 1 aliphatic rings. The Kier molecular flexibility index (Phi) is 6.22. The lowest BCUT2D eigenvalue weighted by Crippen LogP contribution is -2.47. The van der Waals surface area contributed by atoms with Gasteiger partial charge in [-0.15, -0.1) is 0 Å². The molecule has 33 heavy (non-hydrogen) atoms. The largest absolute Gasteiger partial charge is 0.305 e. The number of nitrogens with zero attached hydrogens (tertiary/aromatic N) is 2. The van der Waals surface area contributed by atoms with Crippen LogP contribution >= 0.6 is 0 Å². The topological polar surface area (TPSA) is 40.6 Å². The van der Waals surface area contributed by atoms with Crippen LogP contribution in [0, 0.1) is 17.5 Å². The Labute approximate surface area is 190 Å². The Morgan fingerprint density at radius 3 is 2.09 bits per heavy atom. The van der Waals surface area contributed by atoms with Crippen molar-refractivity contribution in [1.29, 1.82) is 0 Å². The molecule has 2 atom stereocenters. The van der Waals surface area contributed by atoms with Crippen molar-refractivity contribution in [3.05, 3.63) is 95.3 Å². The molecule has 1 aliphatic heterocycles. The van der Waals surface area contributed by atoms with Crippen LogP contribution in [0.25, 0.3) is 0 Å². The SMILES string of the molecule is CCC(=O)N(c1ccc(F)cc1)[C@@H]1C[C@H](C)N(C(=O)c2ccc(F)cc2)c2ccc(F)cc21. The number of fused-ring (bicyclic) bond motifs is 1. The van der Waals surface area contributed by atoms with Crippen LogP contribution in [0.1, 0.15) is 48.7 Å². The van der Waals surface area contributed by atoms with Crippen LogP contribution in [0.5, 0.6) is 0 Å². The summed E-state index contributed by atoms with van der Waals surface area (Å²) in [5, 5.41) is 0. The van der Waals surface area contributed by atoms with Crippen LogP contribution in [0.3, 0.4) is 0 Å². The molecule has 0 N–H and O–H groups in total. The minimum Gasteiger partial charge on any atom is -0.305 e. The number of rotatable bonds is 4. The van der Waals surface area contributed by atoms with Crippen molar-refractivity contribution in [2.75, 3.05) is 9.80 Å². The minimum absolute atomic E-state index is 0.200. The molecule has 0 radical (unpaired) electrons. The van der Waals surface area contributed by atoms with Crippen molar-refractivity contribution >= 4 is 23.2 Å². The van der Waals surface area contributed by atoms with Gasteiger partial charge in [-0.25, -0.2) is 13.2 Å². The monoisotopic (exact) mass is 452 g/mol. The van der Waals surface area contributed by atoms with Crippen LogP contribution in [-0.2, 0) is 4.79 Å². The van der Waals surface area contributed by atoms with Crippen molar-refractivity contribution in [3.8, 4) is 0 Å². The molecule has 1 heterocycles. The lowest BCUT2D eigenvalue weighted by Gasteiger charge is -2.43. The fourth-order valence-corrected chi connectivity index (χ4v) is 4.36. The second kappa shape index (κ2) is 9.10. The fourth-order valence-electron chi connectivity index (χ4n) is 4.36. The summed E-state index contributed by atoms with van der Waals surface area (Å²) in [4.78, 5) is 29.4. The molecule has 3 aromatic rings. The van der Waals surface area contributed by atoms with E-state index < -0.39 is 23.5 Å². The highest BCUT2D eigenvalue weighted by atomic mass is 19.1. The molecule has 0 bridgehead atoms. The summed E-state index contributed by atoms with van der Waals surface area (Å²) in [5.41, 5.74) is 1.76. The zero-order valence-corrected chi connectivity index (χ0v) is 18.3. The molecule has 4 nitrogen and oxygen atoms in total. The molecule has 7 heteroatoms. The molecule has 2 amide bonds. The first-order valence-corrected chi connectivity index (χ1v) is 10.8. The first-order chi connectivity index (χ1) is 15.8. The smallest absolute Gasteiger partial charge is 0.258 e. The van der Waals surface area contributed by atoms with Gasteiger partial charge in [0, 0.05) is 35.0 Å². The van der Waals surface area contributed by atoms with Gasteiger partial charge in [0.15, 0.2) is 0 Å². The van der Waals surface area contributed by atoms with Crippen LogP contribution in [-0.4, -0.2) is 17.9 Å². The fraction of sp³-hybridized carbons (Fsp3) is 0.231. The van der Waals surface area contributed by atoms with Crippen LogP contribution < -0.4 is 9.80 Å². The highest BCUT2D eigenvalue weighted by Crippen LogP contribution is 2.43. The second-order valence-corrected chi connectivity index (χ2v) is 8.08. The van der Waals surface area contributed by atoms with Gasteiger partial charge < -0.3 is 9.80 Å². The minimum atomic E-state index is -0.555. The maximum absolute atomic E-state index is 14.4. The quantitative estimate of drug-likeness (QED) is 0.485. The number of amides is 2. The van der Waals surface area contributed by atoms with E-state index >= 15 is 0 Å². The van der Waals surface area contributed by atoms with E-state index in [1.165, 1.54) is 66.7 Å². The number of anilines is 2. The van der Waals surface area contributed by atoms with Gasteiger partial charge in [-0.1, -0.05) is 6.92 Å². The Morgan fingerprint density at radius 2 is 1.48 bits per heavy atom. The Bertz CT molecular complexity index is 1180. The van der Waals surface area contributed by atoms with Gasteiger partial charge in [0.2, 0.25) is 5.91 Å². The molecular weight excluding hydrogens is 429 g/mol. The summed E-state index contributed by atoms with van der Waals surface area (Å²) in [5.74, 6) is -1.92. The van der Waals surface area contributed by atoms with Gasteiger partial charge in [-0.2, -0.15) is 0 Å². The van der Waals surface area contributed by atoms with Gasteiger partial charge in [0.25, 0.3) is 5.91 Å². The zero-order chi connectivity index (χ0) is 23.7. The van der Waals surface area contributed by atoms with Gasteiger partial charge in [0.05, 0.1) is 6.04 Å². The molecule has 0 aliphatic carbocycles. The molecule has 4 rings (SSSR count). The summed E-state index contributed by atoms with van der Waals surface area (Å²) in [6, 6.07) is 14.0. The standard InChI is InChI=1S/C26H23F3N2O2/c1-3-25(32)31(21-11-8-19(28)9-12-21)24-14-16(2)30(23-13-10-20(29)15-22(23)24)26(33)17-4-6-18(27)7-5-17/h4-13,15-16,24H,3,14H2,1-2H3/t16-,24+/m0/s1. The molecule has 0 unspecified atom stereocenters. The van der Waals surface area contributed by atoms with Crippen molar-refractivity contribution in [2.45, 2.75) is 38.8 Å². The number of carbonyl (C=O) groups is 2. The average Bonchev–Trinajstić information content (AvgIpc) is 2.80. The molecule has 0 spiro atoms. The van der Waals surface area contributed by atoms with E-state index in [9.17, 15) is 22.8 Å². The number of carbonyl (C=O) groups excluding carboxylic acids is 2. The van der Waals surface area contributed by atoms with Crippen LogP contribution in [0.2, 0.25) is 0 Å². The van der Waals surface area contributed by atoms with Crippen LogP contribution in [0.15, 0.2) is 66.7 Å². The highest BCUT2D eigenvalue weighted by Gasteiger charge is 2.39. The predicted molar refractivity (Wildman–Crippen MR) is 121 cm³/mol. The Morgan fingerprint density at radius 1 is 0.909 bits per heavy atom. The zero-order valence-electron chi connectivity index (χ0n) is 18.3. The third-order valence-corrected chi connectivity index (χ3v) is 5.91. The third kappa shape index (κ3) is 4.35. The van der Waals surface area contributed by atoms with E-state index in [1.54, 1.807) is 16.7 Å². The maximum atomic E-state index is 14.4. The summed E-state index contributed by atoms with van der Waals surface area (Å²) in [7, 11) is 0. The van der Waals surface area contributed by atoms with E-state index in [4.69, 9.17) is 0 Å². The van der Waals surface area contributed by atoms with Crippen molar-refractivity contribution < 1.29 is 22.8 Å². The number of benzene rings is 3. The van der Waals surface area contributed by atoms with E-state index in [1.807, 2.05) is 6.92 Å². The maximum Gasteiger partial charge on any atom is 0.258 e. The number of halogens is 3. The van der Waals surface area contributed by atoms with E-state index in [2.05, 4.69) is 0 Å². The van der Waals surface area contributed by atoms with Crippen molar-refractivity contribution in [2.24, 2.45) is 0 Å². The highest BCUT2D eigenvalue weighted by molar-refractivity contribution is 6.07. The molecule has 3 aromatic carbocycles. The first-order valence-electron chi connectivity index (χ1n) is 10.8. The van der Waals surface area contributed by atoms with Gasteiger partial charge in [-0.05, 0) is 80.1 Å². The predicted octanol–water partition coefficient (Wildman–Crippen LogP) is 6.03. The lowest BCUT2D eigenvalue weighted by atomic mass is 9.89.